The number of nitrogens with one attached hydrogen (secondary N) is 2. The monoisotopic (exact) mass is 278 g/mol. The third-order valence-corrected chi connectivity index (χ3v) is 3.55. The molecule has 1 fully saturated rings. The summed E-state index contributed by atoms with van der Waals surface area (Å²) in [4.78, 5) is 12.1. The van der Waals surface area contributed by atoms with Crippen LogP contribution in [0.5, 0.6) is 5.75 Å². The van der Waals surface area contributed by atoms with Crippen LogP contribution in [0, 0.1) is 5.82 Å². The fourth-order valence-corrected chi connectivity index (χ4v) is 2.10. The van der Waals surface area contributed by atoms with Gasteiger partial charge in [-0.15, -0.1) is 0 Å². The third kappa shape index (κ3) is 2.99. The first-order chi connectivity index (χ1) is 9.52. The van der Waals surface area contributed by atoms with Crippen molar-refractivity contribution in [2.75, 3.05) is 20.2 Å². The average molecular weight is 278 g/mol. The Bertz CT molecular complexity index is 549. The normalized spacial score (nSPS) is 15.3. The number of halogens is 1. The molecular weight excluding hydrogens is 259 g/mol. The van der Waals surface area contributed by atoms with Crippen molar-refractivity contribution in [3.63, 3.8) is 0 Å². The fraction of sp³-hybridized carbons (Fsp3) is 0.400. The number of hydrogen-bond acceptors (Lipinski definition) is 3. The highest BCUT2D eigenvalue weighted by Crippen LogP contribution is 2.26. The number of rotatable bonds is 4. The van der Waals surface area contributed by atoms with E-state index in [-0.39, 0.29) is 17.8 Å². The van der Waals surface area contributed by atoms with Crippen LogP contribution >= 0.6 is 0 Å². The molecule has 2 rings (SSSR count). The minimum absolute atomic E-state index is 0.125. The van der Waals surface area contributed by atoms with Crippen molar-refractivity contribution >= 4 is 5.91 Å². The first-order valence-corrected chi connectivity index (χ1v) is 6.56. The van der Waals surface area contributed by atoms with Gasteiger partial charge in [-0.05, 0) is 37.6 Å². The Kier molecular flexibility index (Phi) is 4.39. The highest BCUT2D eigenvalue weighted by atomic mass is 19.1. The van der Waals surface area contributed by atoms with E-state index in [9.17, 15) is 9.18 Å². The molecule has 1 saturated heterocycles. The molecule has 0 saturated carbocycles. The summed E-state index contributed by atoms with van der Waals surface area (Å²) in [5, 5.41) is 5.98. The Morgan fingerprint density at radius 2 is 2.15 bits per heavy atom. The lowest BCUT2D eigenvalue weighted by Gasteiger charge is -2.23. The van der Waals surface area contributed by atoms with Crippen LogP contribution in [0.15, 0.2) is 29.3 Å². The van der Waals surface area contributed by atoms with Gasteiger partial charge in [-0.25, -0.2) is 4.39 Å². The van der Waals surface area contributed by atoms with Gasteiger partial charge in [0.15, 0.2) is 0 Å². The van der Waals surface area contributed by atoms with Gasteiger partial charge in [0, 0.05) is 24.2 Å². The lowest BCUT2D eigenvalue weighted by molar-refractivity contribution is -0.118. The number of benzene rings is 1. The van der Waals surface area contributed by atoms with Crippen molar-refractivity contribution < 1.29 is 13.9 Å². The average Bonchev–Trinajstić information content (AvgIpc) is 2.36. The van der Waals surface area contributed by atoms with Gasteiger partial charge < -0.3 is 15.4 Å². The Hall–Kier alpha value is -1.88. The van der Waals surface area contributed by atoms with E-state index in [1.54, 1.807) is 13.0 Å². The molecule has 4 nitrogen and oxygen atoms in total. The molecule has 0 aromatic heterocycles. The van der Waals surface area contributed by atoms with E-state index in [0.29, 0.717) is 11.3 Å². The molecule has 1 heterocycles. The van der Waals surface area contributed by atoms with Gasteiger partial charge in [0.2, 0.25) is 5.91 Å². The highest BCUT2D eigenvalue weighted by Gasteiger charge is 2.19. The van der Waals surface area contributed by atoms with Crippen molar-refractivity contribution in [1.82, 2.24) is 10.6 Å². The van der Waals surface area contributed by atoms with Crippen LogP contribution in [0.25, 0.3) is 0 Å². The third-order valence-electron chi connectivity index (χ3n) is 3.55. The molecule has 108 valence electrons. The SMILES string of the molecule is COc1ccc(F)cc1C(C)NC(=O)C(C)=C1CNC1. The van der Waals surface area contributed by atoms with Crippen molar-refractivity contribution in [3.8, 4) is 5.75 Å². The van der Waals surface area contributed by atoms with E-state index in [1.165, 1.54) is 19.2 Å². The largest absolute Gasteiger partial charge is 0.496 e. The molecule has 0 spiro atoms. The van der Waals surface area contributed by atoms with Gasteiger partial charge >= 0.3 is 0 Å². The van der Waals surface area contributed by atoms with E-state index in [4.69, 9.17) is 4.74 Å². The van der Waals surface area contributed by atoms with E-state index in [1.807, 2.05) is 6.92 Å². The van der Waals surface area contributed by atoms with Crippen molar-refractivity contribution in [1.29, 1.82) is 0 Å². The standard InChI is InChI=1S/C15H19FN2O2/c1-9(11-7-17-8-11)15(19)18-10(2)13-6-12(16)4-5-14(13)20-3/h4-6,10,17H,7-8H2,1-3H3,(H,18,19). The molecule has 1 aliphatic heterocycles. The zero-order valence-corrected chi connectivity index (χ0v) is 11.9. The molecule has 1 atom stereocenters. The summed E-state index contributed by atoms with van der Waals surface area (Å²) in [6.07, 6.45) is 0. The van der Waals surface area contributed by atoms with Crippen LogP contribution in [0.4, 0.5) is 4.39 Å². The molecule has 0 bridgehead atoms. The van der Waals surface area contributed by atoms with Crippen LogP contribution in [-0.4, -0.2) is 26.1 Å². The maximum Gasteiger partial charge on any atom is 0.247 e. The van der Waals surface area contributed by atoms with Crippen molar-refractivity contribution in [2.24, 2.45) is 0 Å². The van der Waals surface area contributed by atoms with E-state index < -0.39 is 0 Å². The maximum atomic E-state index is 13.3. The van der Waals surface area contributed by atoms with Crippen LogP contribution in [0.2, 0.25) is 0 Å². The lowest BCUT2D eigenvalue weighted by atomic mass is 10.0. The molecule has 1 aromatic rings. The van der Waals surface area contributed by atoms with Gasteiger partial charge in [0.1, 0.15) is 11.6 Å². The molecule has 0 radical (unpaired) electrons. The molecule has 1 unspecified atom stereocenters. The van der Waals surface area contributed by atoms with Gasteiger partial charge in [-0.2, -0.15) is 0 Å². The van der Waals surface area contributed by atoms with Gasteiger partial charge in [0.25, 0.3) is 0 Å². The molecule has 20 heavy (non-hydrogen) atoms. The fourth-order valence-electron chi connectivity index (χ4n) is 2.10. The van der Waals surface area contributed by atoms with Crippen LogP contribution in [0.1, 0.15) is 25.5 Å². The van der Waals surface area contributed by atoms with Crippen molar-refractivity contribution in [3.05, 3.63) is 40.7 Å². The Morgan fingerprint density at radius 3 is 2.70 bits per heavy atom. The first-order valence-electron chi connectivity index (χ1n) is 6.56. The molecule has 1 amide bonds. The molecule has 5 heteroatoms. The van der Waals surface area contributed by atoms with Crippen LogP contribution in [0.3, 0.4) is 0 Å². The second-order valence-corrected chi connectivity index (χ2v) is 4.91. The number of amides is 1. The first kappa shape index (κ1) is 14.5. The maximum absolute atomic E-state index is 13.3. The summed E-state index contributed by atoms with van der Waals surface area (Å²) < 4.78 is 18.5. The topological polar surface area (TPSA) is 50.4 Å². The minimum atomic E-state index is -0.347. The number of ether oxygens (including phenoxy) is 1. The summed E-state index contributed by atoms with van der Waals surface area (Å²) >= 11 is 0. The number of carbonyl (C=O) groups is 1. The zero-order chi connectivity index (χ0) is 14.7. The second-order valence-electron chi connectivity index (χ2n) is 4.91. The Morgan fingerprint density at radius 1 is 1.45 bits per heavy atom. The van der Waals surface area contributed by atoms with Gasteiger partial charge in [0.05, 0.1) is 13.2 Å². The molecular formula is C15H19FN2O2. The van der Waals surface area contributed by atoms with Crippen molar-refractivity contribution in [2.45, 2.75) is 19.9 Å². The molecule has 1 aromatic carbocycles. The predicted molar refractivity (Wildman–Crippen MR) is 75.1 cm³/mol. The summed E-state index contributed by atoms with van der Waals surface area (Å²) in [6.45, 7) is 5.14. The lowest BCUT2D eigenvalue weighted by Crippen LogP contribution is -2.38. The van der Waals surface area contributed by atoms with Gasteiger partial charge in [-0.1, -0.05) is 0 Å². The summed E-state index contributed by atoms with van der Waals surface area (Å²) in [7, 11) is 1.53. The quantitative estimate of drug-likeness (QED) is 0.827. The zero-order valence-electron chi connectivity index (χ0n) is 11.9. The van der Waals surface area contributed by atoms with Crippen LogP contribution < -0.4 is 15.4 Å². The number of carbonyl (C=O) groups excluding carboxylic acids is 1. The summed E-state index contributed by atoms with van der Waals surface area (Å²) in [6, 6.07) is 3.97. The highest BCUT2D eigenvalue weighted by molar-refractivity contribution is 5.94. The van der Waals surface area contributed by atoms with E-state index >= 15 is 0 Å². The number of hydrogen-bond donors (Lipinski definition) is 2. The Labute approximate surface area is 118 Å². The molecule has 2 N–H and O–H groups in total. The smallest absolute Gasteiger partial charge is 0.247 e. The number of methoxy groups -OCH3 is 1. The van der Waals surface area contributed by atoms with E-state index in [0.717, 1.165) is 24.2 Å². The second kappa shape index (κ2) is 6.05. The molecule has 0 aliphatic carbocycles. The van der Waals surface area contributed by atoms with Gasteiger partial charge in [-0.3, -0.25) is 4.79 Å². The molecule has 1 aliphatic rings. The predicted octanol–water partition coefficient (Wildman–Crippen LogP) is 1.93. The summed E-state index contributed by atoms with van der Waals surface area (Å²) in [5.41, 5.74) is 2.47. The van der Waals surface area contributed by atoms with E-state index in [2.05, 4.69) is 10.6 Å². The van der Waals surface area contributed by atoms with Crippen LogP contribution in [-0.2, 0) is 4.79 Å². The Balaban J connectivity index is 2.13. The minimum Gasteiger partial charge on any atom is -0.496 e. The summed E-state index contributed by atoms with van der Waals surface area (Å²) in [5.74, 6) is 0.0929.